The smallest absolute Gasteiger partial charge is 0.0992 e. The lowest BCUT2D eigenvalue weighted by atomic mass is 10.00. The lowest BCUT2D eigenvalue weighted by Gasteiger charge is -2.14. The predicted octanol–water partition coefficient (Wildman–Crippen LogP) is 4.75. The minimum absolute atomic E-state index is 0.572. The Morgan fingerprint density at radius 3 is 2.30 bits per heavy atom. The van der Waals surface area contributed by atoms with E-state index in [0.29, 0.717) is 10.6 Å². The molecule has 0 aliphatic heterocycles. The van der Waals surface area contributed by atoms with Crippen molar-refractivity contribution in [3.05, 3.63) is 63.2 Å². The molecule has 2 rings (SSSR count). The van der Waals surface area contributed by atoms with Crippen LogP contribution in [0.3, 0.4) is 0 Å². The van der Waals surface area contributed by atoms with E-state index in [2.05, 4.69) is 44.3 Å². The molecule has 0 aromatic heterocycles. The summed E-state index contributed by atoms with van der Waals surface area (Å²) in [5.41, 5.74) is 6.55. The zero-order chi connectivity index (χ0) is 14.7. The number of hydrogen-bond acceptors (Lipinski definition) is 2. The number of nitrogens with one attached hydrogen (secondary N) is 1. The summed E-state index contributed by atoms with van der Waals surface area (Å²) in [4.78, 5) is 0. The molecular weight excluding hydrogens is 268 g/mol. The molecule has 1 N–H and O–H groups in total. The van der Waals surface area contributed by atoms with Crippen LogP contribution in [0.25, 0.3) is 0 Å². The van der Waals surface area contributed by atoms with E-state index in [1.54, 1.807) is 12.1 Å². The van der Waals surface area contributed by atoms with Crippen molar-refractivity contribution in [2.24, 2.45) is 0 Å². The van der Waals surface area contributed by atoms with Crippen molar-refractivity contribution in [1.82, 2.24) is 0 Å². The summed E-state index contributed by atoms with van der Waals surface area (Å²) in [6.07, 6.45) is 0. The van der Waals surface area contributed by atoms with Crippen molar-refractivity contribution in [3.63, 3.8) is 0 Å². The van der Waals surface area contributed by atoms with Crippen LogP contribution < -0.4 is 5.32 Å². The van der Waals surface area contributed by atoms with Crippen molar-refractivity contribution < 1.29 is 0 Å². The van der Waals surface area contributed by atoms with E-state index in [1.807, 2.05) is 6.07 Å². The zero-order valence-corrected chi connectivity index (χ0v) is 12.7. The van der Waals surface area contributed by atoms with Crippen LogP contribution in [-0.2, 0) is 6.54 Å². The second-order valence-electron chi connectivity index (χ2n) is 5.04. The molecule has 0 bridgehead atoms. The van der Waals surface area contributed by atoms with Gasteiger partial charge in [0, 0.05) is 6.54 Å². The lowest BCUT2D eigenvalue weighted by Crippen LogP contribution is -2.04. The number of aryl methyl sites for hydroxylation is 3. The molecule has 0 fully saturated rings. The van der Waals surface area contributed by atoms with Crippen LogP contribution in [0.2, 0.25) is 5.02 Å². The molecule has 2 nitrogen and oxygen atoms in total. The van der Waals surface area contributed by atoms with Crippen molar-refractivity contribution in [1.29, 1.82) is 5.26 Å². The van der Waals surface area contributed by atoms with E-state index in [9.17, 15) is 0 Å². The molecule has 0 amide bonds. The Morgan fingerprint density at radius 1 is 1.10 bits per heavy atom. The Balaban J connectivity index is 2.20. The van der Waals surface area contributed by atoms with Gasteiger partial charge in [-0.25, -0.2) is 0 Å². The second-order valence-corrected chi connectivity index (χ2v) is 5.44. The molecule has 2 aromatic carbocycles. The van der Waals surface area contributed by atoms with Gasteiger partial charge in [-0.05, 0) is 55.7 Å². The Kier molecular flexibility index (Phi) is 4.32. The topological polar surface area (TPSA) is 35.8 Å². The van der Waals surface area contributed by atoms with E-state index in [4.69, 9.17) is 16.9 Å². The average Bonchev–Trinajstić information content (AvgIpc) is 2.39. The molecule has 0 saturated carbocycles. The van der Waals surface area contributed by atoms with Crippen molar-refractivity contribution in [2.45, 2.75) is 27.3 Å². The highest BCUT2D eigenvalue weighted by Crippen LogP contribution is 2.24. The number of rotatable bonds is 3. The fourth-order valence-corrected chi connectivity index (χ4v) is 2.65. The number of nitriles is 1. The maximum atomic E-state index is 8.83. The van der Waals surface area contributed by atoms with Crippen LogP contribution in [0.15, 0.2) is 30.3 Å². The van der Waals surface area contributed by atoms with Gasteiger partial charge < -0.3 is 5.32 Å². The summed E-state index contributed by atoms with van der Waals surface area (Å²) in [7, 11) is 0. The zero-order valence-electron chi connectivity index (χ0n) is 11.9. The molecule has 102 valence electrons. The second kappa shape index (κ2) is 5.98. The van der Waals surface area contributed by atoms with E-state index >= 15 is 0 Å². The van der Waals surface area contributed by atoms with E-state index in [0.717, 1.165) is 12.2 Å². The highest BCUT2D eigenvalue weighted by molar-refractivity contribution is 6.33. The Hall–Kier alpha value is -1.98. The number of benzene rings is 2. The molecule has 3 heteroatoms. The number of nitrogens with zero attached hydrogens (tertiary/aromatic N) is 1. The largest absolute Gasteiger partial charge is 0.380 e. The third-order valence-corrected chi connectivity index (χ3v) is 3.71. The third-order valence-electron chi connectivity index (χ3n) is 3.39. The van der Waals surface area contributed by atoms with Crippen LogP contribution in [0.5, 0.6) is 0 Å². The average molecular weight is 285 g/mol. The fourth-order valence-electron chi connectivity index (χ4n) is 2.40. The number of anilines is 1. The first-order valence-electron chi connectivity index (χ1n) is 6.51. The van der Waals surface area contributed by atoms with E-state index < -0.39 is 0 Å². The molecule has 0 aliphatic carbocycles. The van der Waals surface area contributed by atoms with Gasteiger partial charge in [-0.2, -0.15) is 5.26 Å². The summed E-state index contributed by atoms with van der Waals surface area (Å²) < 4.78 is 0. The van der Waals surface area contributed by atoms with Gasteiger partial charge in [0.2, 0.25) is 0 Å². The Bertz CT molecular complexity index is 661. The predicted molar refractivity (Wildman–Crippen MR) is 84.1 cm³/mol. The molecule has 0 radical (unpaired) electrons. The highest BCUT2D eigenvalue weighted by Gasteiger charge is 2.06. The van der Waals surface area contributed by atoms with Crippen molar-refractivity contribution >= 4 is 17.3 Å². The quantitative estimate of drug-likeness (QED) is 0.883. The van der Waals surface area contributed by atoms with Crippen LogP contribution in [0.4, 0.5) is 5.69 Å². The normalized spacial score (nSPS) is 10.2. The molecule has 0 heterocycles. The molecule has 0 unspecified atom stereocenters. The van der Waals surface area contributed by atoms with Crippen molar-refractivity contribution in [2.75, 3.05) is 5.32 Å². The van der Waals surface area contributed by atoms with E-state index in [-0.39, 0.29) is 0 Å². The first-order chi connectivity index (χ1) is 9.51. The van der Waals surface area contributed by atoms with Crippen molar-refractivity contribution in [3.8, 4) is 6.07 Å². The molecule has 0 atom stereocenters. The highest BCUT2D eigenvalue weighted by atomic mass is 35.5. The summed E-state index contributed by atoms with van der Waals surface area (Å²) in [6, 6.07) is 11.7. The van der Waals surface area contributed by atoms with Crippen LogP contribution in [-0.4, -0.2) is 0 Å². The number of hydrogen-bond donors (Lipinski definition) is 1. The molecule has 0 saturated heterocycles. The van der Waals surface area contributed by atoms with Gasteiger partial charge >= 0.3 is 0 Å². The summed E-state index contributed by atoms with van der Waals surface area (Å²) in [5.74, 6) is 0. The Morgan fingerprint density at radius 2 is 1.75 bits per heavy atom. The van der Waals surface area contributed by atoms with Gasteiger partial charge in [0.1, 0.15) is 0 Å². The van der Waals surface area contributed by atoms with Gasteiger partial charge in [0.25, 0.3) is 0 Å². The van der Waals surface area contributed by atoms with Gasteiger partial charge in [-0.15, -0.1) is 0 Å². The minimum atomic E-state index is 0.572. The van der Waals surface area contributed by atoms with Crippen LogP contribution in [0.1, 0.15) is 27.8 Å². The molecule has 20 heavy (non-hydrogen) atoms. The summed E-state index contributed by atoms with van der Waals surface area (Å²) in [6.45, 7) is 7.08. The standard InChI is InChI=1S/C17H17ClN2/c1-11-6-12(2)15(13(3)7-11)10-20-17-5-4-14(9-19)8-16(17)18/h4-8,20H,10H2,1-3H3. The summed E-state index contributed by atoms with van der Waals surface area (Å²) in [5, 5.41) is 12.7. The molecule has 2 aromatic rings. The Labute approximate surface area is 125 Å². The van der Waals surface area contributed by atoms with Gasteiger partial charge in [0.05, 0.1) is 22.3 Å². The first kappa shape index (κ1) is 14.4. The molecular formula is C17H17ClN2. The maximum Gasteiger partial charge on any atom is 0.0992 e. The minimum Gasteiger partial charge on any atom is -0.380 e. The fraction of sp³-hybridized carbons (Fsp3) is 0.235. The third kappa shape index (κ3) is 3.12. The van der Waals surface area contributed by atoms with Gasteiger partial charge in [0.15, 0.2) is 0 Å². The maximum absolute atomic E-state index is 8.83. The monoisotopic (exact) mass is 284 g/mol. The van der Waals surface area contributed by atoms with Crippen LogP contribution in [0, 0.1) is 32.1 Å². The lowest BCUT2D eigenvalue weighted by molar-refractivity contribution is 1.08. The molecule has 0 aliphatic rings. The number of halogens is 1. The molecule has 0 spiro atoms. The first-order valence-corrected chi connectivity index (χ1v) is 6.89. The van der Waals surface area contributed by atoms with Crippen LogP contribution >= 0.6 is 11.6 Å². The van der Waals surface area contributed by atoms with Gasteiger partial charge in [-0.3, -0.25) is 0 Å². The van der Waals surface area contributed by atoms with Gasteiger partial charge in [-0.1, -0.05) is 29.3 Å². The summed E-state index contributed by atoms with van der Waals surface area (Å²) >= 11 is 6.17. The SMILES string of the molecule is Cc1cc(C)c(CNc2ccc(C#N)cc2Cl)c(C)c1. The van der Waals surface area contributed by atoms with E-state index in [1.165, 1.54) is 22.3 Å².